The number of esters is 1. The highest BCUT2D eigenvalue weighted by Crippen LogP contribution is 2.28. The lowest BCUT2D eigenvalue weighted by molar-refractivity contribution is -0.146. The summed E-state index contributed by atoms with van der Waals surface area (Å²) < 4.78 is 18.2. The third kappa shape index (κ3) is 3.08. The van der Waals surface area contributed by atoms with Gasteiger partial charge in [0, 0.05) is 6.04 Å². The number of halogens is 1. The Bertz CT molecular complexity index is 531. The summed E-state index contributed by atoms with van der Waals surface area (Å²) in [4.78, 5) is 11.4. The number of methoxy groups -OCH3 is 1. The minimum Gasteiger partial charge on any atom is -0.469 e. The van der Waals surface area contributed by atoms with E-state index in [1.165, 1.54) is 13.2 Å². The average Bonchev–Trinajstić information content (AvgIpc) is 2.47. The van der Waals surface area contributed by atoms with Gasteiger partial charge in [0.05, 0.1) is 18.7 Å². The highest BCUT2D eigenvalue weighted by molar-refractivity contribution is 5.72. The summed E-state index contributed by atoms with van der Waals surface area (Å²) in [7, 11) is 1.40. The molecular weight excluding hydrogens is 259 g/mol. The van der Waals surface area contributed by atoms with Gasteiger partial charge in [-0.1, -0.05) is 6.07 Å². The number of nitrogens with one attached hydrogen (secondary N) is 1. The summed E-state index contributed by atoms with van der Waals surface area (Å²) in [5.74, 6) is -0.714. The van der Waals surface area contributed by atoms with E-state index in [9.17, 15) is 9.18 Å². The van der Waals surface area contributed by atoms with Gasteiger partial charge >= 0.3 is 5.97 Å². The lowest BCUT2D eigenvalue weighted by Crippen LogP contribution is -2.30. The molecule has 1 aliphatic rings. The number of carbonyl (C=O) groups is 1. The summed E-state index contributed by atoms with van der Waals surface area (Å²) in [6.45, 7) is 0. The Morgan fingerprint density at radius 1 is 1.40 bits per heavy atom. The number of nitrogens with zero attached hydrogens (tertiary/aromatic N) is 1. The fourth-order valence-electron chi connectivity index (χ4n) is 2.62. The van der Waals surface area contributed by atoms with Gasteiger partial charge in [-0.25, -0.2) is 4.39 Å². The number of benzene rings is 1. The van der Waals surface area contributed by atoms with Crippen LogP contribution in [0.3, 0.4) is 0 Å². The Hall–Kier alpha value is -2.09. The van der Waals surface area contributed by atoms with Crippen LogP contribution in [0.1, 0.15) is 31.2 Å². The van der Waals surface area contributed by atoms with Crippen molar-refractivity contribution in [3.8, 4) is 6.07 Å². The lowest BCUT2D eigenvalue weighted by atomic mass is 9.86. The molecule has 1 aliphatic carbocycles. The van der Waals surface area contributed by atoms with Crippen molar-refractivity contribution in [2.75, 3.05) is 12.4 Å². The third-order valence-electron chi connectivity index (χ3n) is 3.75. The molecule has 4 nitrogen and oxygen atoms in total. The summed E-state index contributed by atoms with van der Waals surface area (Å²) >= 11 is 0. The number of anilines is 1. The Labute approximate surface area is 117 Å². The highest BCUT2D eigenvalue weighted by atomic mass is 19.1. The van der Waals surface area contributed by atoms with E-state index in [1.807, 2.05) is 6.07 Å². The average molecular weight is 276 g/mol. The Morgan fingerprint density at radius 3 is 2.70 bits per heavy atom. The molecule has 1 aromatic carbocycles. The Balaban J connectivity index is 1.98. The predicted molar refractivity (Wildman–Crippen MR) is 72.5 cm³/mol. The maximum absolute atomic E-state index is 13.5. The maximum atomic E-state index is 13.5. The van der Waals surface area contributed by atoms with Crippen LogP contribution in [0.25, 0.3) is 0 Å². The van der Waals surface area contributed by atoms with Crippen LogP contribution in [-0.4, -0.2) is 19.1 Å². The highest BCUT2D eigenvalue weighted by Gasteiger charge is 2.27. The van der Waals surface area contributed by atoms with Gasteiger partial charge in [0.2, 0.25) is 0 Å². The first-order chi connectivity index (χ1) is 9.65. The number of rotatable bonds is 3. The van der Waals surface area contributed by atoms with Crippen LogP contribution in [0.15, 0.2) is 18.2 Å². The van der Waals surface area contributed by atoms with Crippen molar-refractivity contribution in [3.05, 3.63) is 29.6 Å². The minimum atomic E-state index is -0.513. The second kappa shape index (κ2) is 6.38. The van der Waals surface area contributed by atoms with Crippen molar-refractivity contribution in [1.82, 2.24) is 0 Å². The zero-order valence-electron chi connectivity index (χ0n) is 11.4. The Morgan fingerprint density at radius 2 is 2.10 bits per heavy atom. The quantitative estimate of drug-likeness (QED) is 0.862. The van der Waals surface area contributed by atoms with Crippen molar-refractivity contribution in [1.29, 1.82) is 5.26 Å². The van der Waals surface area contributed by atoms with E-state index in [-0.39, 0.29) is 23.5 Å². The van der Waals surface area contributed by atoms with Crippen LogP contribution >= 0.6 is 0 Å². The molecule has 106 valence electrons. The van der Waals surface area contributed by atoms with E-state index in [2.05, 4.69) is 5.32 Å². The number of hydrogen-bond donors (Lipinski definition) is 1. The van der Waals surface area contributed by atoms with E-state index in [0.717, 1.165) is 25.7 Å². The van der Waals surface area contributed by atoms with Crippen LogP contribution in [0.5, 0.6) is 0 Å². The molecule has 0 bridgehead atoms. The molecule has 1 fully saturated rings. The van der Waals surface area contributed by atoms with Gasteiger partial charge < -0.3 is 10.1 Å². The molecule has 0 heterocycles. The number of hydrogen-bond acceptors (Lipinski definition) is 4. The SMILES string of the molecule is COC(=O)C1CCC(Nc2cccc(F)c2C#N)CC1. The summed E-state index contributed by atoms with van der Waals surface area (Å²) in [6.07, 6.45) is 3.12. The molecule has 0 saturated heterocycles. The van der Waals surface area contributed by atoms with Crippen molar-refractivity contribution >= 4 is 11.7 Å². The fraction of sp³-hybridized carbons (Fsp3) is 0.467. The topological polar surface area (TPSA) is 62.1 Å². The fourth-order valence-corrected chi connectivity index (χ4v) is 2.62. The molecule has 0 unspecified atom stereocenters. The Kier molecular flexibility index (Phi) is 4.57. The molecule has 1 N–H and O–H groups in total. The largest absolute Gasteiger partial charge is 0.469 e. The molecule has 0 aromatic heterocycles. The van der Waals surface area contributed by atoms with Crippen molar-refractivity contribution in [2.45, 2.75) is 31.7 Å². The van der Waals surface area contributed by atoms with Crippen LogP contribution in [-0.2, 0) is 9.53 Å². The van der Waals surface area contributed by atoms with E-state index in [0.29, 0.717) is 5.69 Å². The van der Waals surface area contributed by atoms with Crippen molar-refractivity contribution in [3.63, 3.8) is 0 Å². The zero-order chi connectivity index (χ0) is 14.5. The third-order valence-corrected chi connectivity index (χ3v) is 3.75. The first-order valence-electron chi connectivity index (χ1n) is 6.68. The van der Waals surface area contributed by atoms with Crippen LogP contribution in [0.4, 0.5) is 10.1 Å². The molecule has 1 saturated carbocycles. The van der Waals surface area contributed by atoms with Crippen molar-refractivity contribution < 1.29 is 13.9 Å². The van der Waals surface area contributed by atoms with Crippen LogP contribution in [0, 0.1) is 23.1 Å². The van der Waals surface area contributed by atoms with Gasteiger partial charge in [-0.3, -0.25) is 4.79 Å². The standard InChI is InChI=1S/C15H17FN2O2/c1-20-15(19)10-5-7-11(8-6-10)18-14-4-2-3-13(16)12(14)9-17/h2-4,10-11,18H,5-8H2,1H3. The summed E-state index contributed by atoms with van der Waals surface area (Å²) in [6, 6.07) is 6.60. The van der Waals surface area contributed by atoms with E-state index >= 15 is 0 Å². The first kappa shape index (κ1) is 14.3. The molecule has 5 heteroatoms. The molecule has 1 aromatic rings. The lowest BCUT2D eigenvalue weighted by Gasteiger charge is -2.28. The maximum Gasteiger partial charge on any atom is 0.308 e. The van der Waals surface area contributed by atoms with Gasteiger partial charge in [0.1, 0.15) is 17.4 Å². The molecule has 0 atom stereocenters. The van der Waals surface area contributed by atoms with Gasteiger partial charge in [0.25, 0.3) is 0 Å². The number of nitriles is 1. The molecule has 0 amide bonds. The van der Waals surface area contributed by atoms with E-state index < -0.39 is 5.82 Å². The second-order valence-corrected chi connectivity index (χ2v) is 4.99. The molecule has 0 aliphatic heterocycles. The minimum absolute atomic E-state index is 0.0407. The first-order valence-corrected chi connectivity index (χ1v) is 6.68. The van der Waals surface area contributed by atoms with Crippen LogP contribution < -0.4 is 5.32 Å². The van der Waals surface area contributed by atoms with Gasteiger partial charge in [-0.2, -0.15) is 5.26 Å². The summed E-state index contributed by atoms with van der Waals surface area (Å²) in [5, 5.41) is 12.2. The van der Waals surface area contributed by atoms with Crippen LogP contribution in [0.2, 0.25) is 0 Å². The molecule has 2 rings (SSSR count). The number of carbonyl (C=O) groups excluding carboxylic acids is 1. The smallest absolute Gasteiger partial charge is 0.308 e. The van der Waals surface area contributed by atoms with E-state index in [1.54, 1.807) is 12.1 Å². The van der Waals surface area contributed by atoms with Gasteiger partial charge in [-0.15, -0.1) is 0 Å². The second-order valence-electron chi connectivity index (χ2n) is 4.99. The molecule has 0 radical (unpaired) electrons. The summed E-state index contributed by atoms with van der Waals surface area (Å²) in [5.41, 5.74) is 0.566. The van der Waals surface area contributed by atoms with Crippen molar-refractivity contribution in [2.24, 2.45) is 5.92 Å². The predicted octanol–water partition coefficient (Wildman–Crippen LogP) is 2.84. The van der Waals surface area contributed by atoms with Gasteiger partial charge in [0.15, 0.2) is 0 Å². The van der Waals surface area contributed by atoms with E-state index in [4.69, 9.17) is 10.00 Å². The zero-order valence-corrected chi connectivity index (χ0v) is 11.4. The van der Waals surface area contributed by atoms with Gasteiger partial charge in [-0.05, 0) is 37.8 Å². The normalized spacial score (nSPS) is 21.9. The molecule has 20 heavy (non-hydrogen) atoms. The molecule has 0 spiro atoms. The monoisotopic (exact) mass is 276 g/mol. The molecular formula is C15H17FN2O2. The number of ether oxygens (including phenoxy) is 1.